The molecule has 2 heterocycles. The van der Waals surface area contributed by atoms with Crippen molar-refractivity contribution < 1.29 is 9.53 Å². The largest absolute Gasteiger partial charge is 0.491 e. The molecule has 2 aromatic rings. The van der Waals surface area contributed by atoms with Gasteiger partial charge in [-0.2, -0.15) is 0 Å². The second kappa shape index (κ2) is 7.45. The van der Waals surface area contributed by atoms with Gasteiger partial charge in [-0.15, -0.1) is 12.4 Å². The van der Waals surface area contributed by atoms with Crippen molar-refractivity contribution in [1.82, 2.24) is 14.9 Å². The van der Waals surface area contributed by atoms with Crippen molar-refractivity contribution in [3.63, 3.8) is 0 Å². The summed E-state index contributed by atoms with van der Waals surface area (Å²) in [5.74, 6) is 0.767. The molecule has 134 valence electrons. The highest BCUT2D eigenvalue weighted by Crippen LogP contribution is 2.33. The Bertz CT molecular complexity index is 753. The first-order valence-electron chi connectivity index (χ1n) is 8.54. The van der Waals surface area contributed by atoms with E-state index >= 15 is 0 Å². The first-order chi connectivity index (χ1) is 11.7. The molecule has 1 aliphatic carbocycles. The summed E-state index contributed by atoms with van der Waals surface area (Å²) in [6, 6.07) is 6.11. The van der Waals surface area contributed by atoms with E-state index in [1.807, 2.05) is 24.4 Å². The first-order valence-corrected chi connectivity index (χ1v) is 8.54. The number of nitrogens with zero attached hydrogens (tertiary/aromatic N) is 2. The minimum absolute atomic E-state index is 0. The molecule has 7 heteroatoms. The number of fused-ring (bicyclic) bond motifs is 3. The van der Waals surface area contributed by atoms with Crippen LogP contribution in [0.15, 0.2) is 30.7 Å². The van der Waals surface area contributed by atoms with Crippen LogP contribution in [-0.2, 0) is 6.54 Å². The number of hydrogen-bond donors (Lipinski definition) is 2. The lowest BCUT2D eigenvalue weighted by Crippen LogP contribution is -2.40. The number of imidazole rings is 1. The summed E-state index contributed by atoms with van der Waals surface area (Å²) in [5.41, 5.74) is 8.49. The Hall–Kier alpha value is -2.05. The van der Waals surface area contributed by atoms with E-state index in [0.717, 1.165) is 49.2 Å². The van der Waals surface area contributed by atoms with Crippen LogP contribution in [0.4, 0.5) is 0 Å². The molecule has 25 heavy (non-hydrogen) atoms. The molecule has 6 nitrogen and oxygen atoms in total. The molecule has 1 amide bonds. The summed E-state index contributed by atoms with van der Waals surface area (Å²) >= 11 is 0. The van der Waals surface area contributed by atoms with Crippen molar-refractivity contribution in [2.75, 3.05) is 6.61 Å². The van der Waals surface area contributed by atoms with Crippen molar-refractivity contribution in [3.8, 4) is 17.0 Å². The smallest absolute Gasteiger partial charge is 0.251 e. The molecule has 0 radical (unpaired) electrons. The van der Waals surface area contributed by atoms with Gasteiger partial charge in [0.15, 0.2) is 0 Å². The van der Waals surface area contributed by atoms with Crippen LogP contribution in [0.25, 0.3) is 11.3 Å². The van der Waals surface area contributed by atoms with E-state index in [2.05, 4.69) is 14.9 Å². The molecule has 2 aliphatic rings. The number of halogens is 1. The highest BCUT2D eigenvalue weighted by molar-refractivity contribution is 5.96. The third kappa shape index (κ3) is 3.65. The van der Waals surface area contributed by atoms with Gasteiger partial charge in [0, 0.05) is 23.2 Å². The summed E-state index contributed by atoms with van der Waals surface area (Å²) in [6.45, 7) is 1.36. The number of carbonyl (C=O) groups excluding carboxylic acids is 1. The van der Waals surface area contributed by atoms with Gasteiger partial charge in [0.2, 0.25) is 0 Å². The second-order valence-corrected chi connectivity index (χ2v) is 6.62. The van der Waals surface area contributed by atoms with Crippen LogP contribution in [0.2, 0.25) is 0 Å². The van der Waals surface area contributed by atoms with Gasteiger partial charge in [0.1, 0.15) is 12.4 Å². The normalized spacial score (nSPS) is 21.8. The Morgan fingerprint density at radius 1 is 1.28 bits per heavy atom. The maximum Gasteiger partial charge on any atom is 0.251 e. The molecule has 1 saturated carbocycles. The topological polar surface area (TPSA) is 82.2 Å². The minimum Gasteiger partial charge on any atom is -0.491 e. The summed E-state index contributed by atoms with van der Waals surface area (Å²) in [4.78, 5) is 16.8. The number of rotatable bonds is 2. The summed E-state index contributed by atoms with van der Waals surface area (Å²) in [5, 5.41) is 3.14. The first kappa shape index (κ1) is 17.8. The van der Waals surface area contributed by atoms with Gasteiger partial charge in [-0.1, -0.05) is 0 Å². The number of hydrogen-bond acceptors (Lipinski definition) is 4. The van der Waals surface area contributed by atoms with E-state index in [4.69, 9.17) is 10.5 Å². The SMILES string of the molecule is Cl.NC1CCC(NC(=O)c2ccc3c(c2)-c2cncn2CCO3)CC1. The van der Waals surface area contributed by atoms with Crippen LogP contribution < -0.4 is 15.8 Å². The molecule has 1 fully saturated rings. The van der Waals surface area contributed by atoms with Crippen LogP contribution in [0.5, 0.6) is 5.75 Å². The van der Waals surface area contributed by atoms with Crippen LogP contribution >= 0.6 is 12.4 Å². The Balaban J connectivity index is 0.00000182. The number of nitrogens with two attached hydrogens (primary N) is 1. The van der Waals surface area contributed by atoms with E-state index in [1.165, 1.54) is 0 Å². The van der Waals surface area contributed by atoms with E-state index in [1.54, 1.807) is 6.33 Å². The molecule has 1 aromatic carbocycles. The predicted octanol–water partition coefficient (Wildman–Crippen LogP) is 2.36. The average Bonchev–Trinajstić information content (AvgIpc) is 2.98. The lowest BCUT2D eigenvalue weighted by atomic mass is 9.91. The van der Waals surface area contributed by atoms with Gasteiger partial charge in [-0.05, 0) is 43.9 Å². The van der Waals surface area contributed by atoms with Gasteiger partial charge >= 0.3 is 0 Å². The highest BCUT2D eigenvalue weighted by Gasteiger charge is 2.22. The van der Waals surface area contributed by atoms with Crippen molar-refractivity contribution >= 4 is 18.3 Å². The zero-order valence-electron chi connectivity index (χ0n) is 14.0. The van der Waals surface area contributed by atoms with E-state index < -0.39 is 0 Å². The van der Waals surface area contributed by atoms with Gasteiger partial charge in [0.05, 0.1) is 24.8 Å². The van der Waals surface area contributed by atoms with Gasteiger partial charge in [0.25, 0.3) is 5.91 Å². The Labute approximate surface area is 153 Å². The molecular formula is C18H23ClN4O2. The number of benzene rings is 1. The number of amides is 1. The summed E-state index contributed by atoms with van der Waals surface area (Å²) in [7, 11) is 0. The monoisotopic (exact) mass is 362 g/mol. The highest BCUT2D eigenvalue weighted by atomic mass is 35.5. The third-order valence-corrected chi connectivity index (χ3v) is 4.93. The molecular weight excluding hydrogens is 340 g/mol. The molecule has 0 atom stereocenters. The standard InChI is InChI=1S/C18H22N4O2.ClH/c19-13-2-4-14(5-3-13)21-18(23)12-1-6-17-15(9-12)16-10-20-11-22(16)7-8-24-17;/h1,6,9-11,13-14H,2-5,7-8,19H2,(H,21,23);1H. The zero-order valence-corrected chi connectivity index (χ0v) is 14.8. The van der Waals surface area contributed by atoms with Crippen LogP contribution in [0, 0.1) is 0 Å². The fraction of sp³-hybridized carbons (Fsp3) is 0.444. The van der Waals surface area contributed by atoms with Crippen molar-refractivity contribution in [2.24, 2.45) is 5.73 Å². The van der Waals surface area contributed by atoms with Gasteiger partial charge < -0.3 is 20.4 Å². The zero-order chi connectivity index (χ0) is 16.5. The Morgan fingerprint density at radius 3 is 2.88 bits per heavy atom. The average molecular weight is 363 g/mol. The van der Waals surface area contributed by atoms with Crippen molar-refractivity contribution in [3.05, 3.63) is 36.3 Å². The second-order valence-electron chi connectivity index (χ2n) is 6.62. The molecule has 3 N–H and O–H groups in total. The Kier molecular flexibility index (Phi) is 5.30. The quantitative estimate of drug-likeness (QED) is 0.859. The molecule has 0 unspecified atom stereocenters. The van der Waals surface area contributed by atoms with E-state index in [-0.39, 0.29) is 30.4 Å². The molecule has 0 saturated heterocycles. The molecule has 4 rings (SSSR count). The van der Waals surface area contributed by atoms with Crippen LogP contribution in [0.3, 0.4) is 0 Å². The van der Waals surface area contributed by atoms with Crippen molar-refractivity contribution in [2.45, 2.75) is 44.3 Å². The minimum atomic E-state index is -0.0337. The van der Waals surface area contributed by atoms with Crippen LogP contribution in [-0.4, -0.2) is 34.1 Å². The lowest BCUT2D eigenvalue weighted by molar-refractivity contribution is 0.0926. The molecule has 1 aliphatic heterocycles. The predicted molar refractivity (Wildman–Crippen MR) is 98.1 cm³/mol. The number of ether oxygens (including phenoxy) is 1. The van der Waals surface area contributed by atoms with Gasteiger partial charge in [-0.3, -0.25) is 4.79 Å². The van der Waals surface area contributed by atoms with Gasteiger partial charge in [-0.25, -0.2) is 4.98 Å². The maximum atomic E-state index is 12.6. The lowest BCUT2D eigenvalue weighted by Gasteiger charge is -2.26. The maximum absolute atomic E-state index is 12.6. The molecule has 0 bridgehead atoms. The fourth-order valence-electron chi connectivity index (χ4n) is 3.51. The fourth-order valence-corrected chi connectivity index (χ4v) is 3.51. The van der Waals surface area contributed by atoms with E-state index in [0.29, 0.717) is 12.2 Å². The number of aromatic nitrogens is 2. The van der Waals surface area contributed by atoms with E-state index in [9.17, 15) is 4.79 Å². The van der Waals surface area contributed by atoms with Crippen LogP contribution in [0.1, 0.15) is 36.0 Å². The summed E-state index contributed by atoms with van der Waals surface area (Å²) < 4.78 is 7.84. The molecule has 1 aromatic heterocycles. The van der Waals surface area contributed by atoms with Crippen molar-refractivity contribution in [1.29, 1.82) is 0 Å². The summed E-state index contributed by atoms with van der Waals surface area (Å²) in [6.07, 6.45) is 7.47. The third-order valence-electron chi connectivity index (χ3n) is 4.93. The number of carbonyl (C=O) groups is 1. The number of nitrogens with one attached hydrogen (secondary N) is 1. The Morgan fingerprint density at radius 2 is 2.08 bits per heavy atom. The molecule has 0 spiro atoms.